The second-order valence-corrected chi connectivity index (χ2v) is 7.42. The number of halogens is 4. The summed E-state index contributed by atoms with van der Waals surface area (Å²) in [6, 6.07) is 1.76. The predicted molar refractivity (Wildman–Crippen MR) is 107 cm³/mol. The molecule has 0 saturated carbocycles. The van der Waals surface area contributed by atoms with Gasteiger partial charge in [-0.05, 0) is 25.1 Å². The molecular weight excluding hydrogens is 454 g/mol. The summed E-state index contributed by atoms with van der Waals surface area (Å²) < 4.78 is 64.6. The third kappa shape index (κ3) is 3.83. The summed E-state index contributed by atoms with van der Waals surface area (Å²) in [5.74, 6) is -1.28. The molecule has 0 radical (unpaired) electrons. The van der Waals surface area contributed by atoms with Crippen LogP contribution in [0.2, 0.25) is 0 Å². The van der Waals surface area contributed by atoms with E-state index >= 15 is 0 Å². The second kappa shape index (κ2) is 8.22. The number of amidine groups is 3. The van der Waals surface area contributed by atoms with Gasteiger partial charge in [-0.15, -0.1) is 0 Å². The summed E-state index contributed by atoms with van der Waals surface area (Å²) in [4.78, 5) is 17.7. The number of hydrogen-bond donors (Lipinski definition) is 3. The Hall–Kier alpha value is -2.78. The molecule has 178 valence electrons. The zero-order valence-corrected chi connectivity index (χ0v) is 17.2. The minimum Gasteiger partial charge on any atom is -0.394 e. The molecule has 3 aliphatic heterocycles. The molecule has 1 saturated heterocycles. The molecule has 33 heavy (non-hydrogen) atoms. The SMILES string of the molecule is COC12N=CN([C@@H]3O[C@H](CO)[C@@H](O)[C@H]3O)C1=NC(C)=NC2=Nc1cc(C(F)(F)F)ccc1F. The molecule has 3 N–H and O–H groups in total. The first-order valence-electron chi connectivity index (χ1n) is 9.63. The quantitative estimate of drug-likeness (QED) is 0.555. The van der Waals surface area contributed by atoms with Crippen molar-refractivity contribution in [2.24, 2.45) is 20.0 Å². The molecule has 10 nitrogen and oxygen atoms in total. The number of hydrogen-bond acceptors (Lipinski definition) is 9. The van der Waals surface area contributed by atoms with Crippen LogP contribution in [-0.4, -0.2) is 88.0 Å². The number of aliphatic imine (C=N–C) groups is 4. The maximum absolute atomic E-state index is 14.3. The third-order valence-electron chi connectivity index (χ3n) is 5.34. The van der Waals surface area contributed by atoms with Crippen molar-refractivity contribution in [3.8, 4) is 0 Å². The van der Waals surface area contributed by atoms with E-state index in [9.17, 15) is 32.9 Å². The Morgan fingerprint density at radius 3 is 2.58 bits per heavy atom. The van der Waals surface area contributed by atoms with E-state index in [1.807, 2.05) is 0 Å². The standard InChI is InChI=1S/C19H19F4N5O5/c1-8-25-16(27-11-5-9(19(21,22)23)3-4-10(11)20)18(32-2)17(26-8)28(7-24-18)15-14(31)13(30)12(6-29)33-15/h3-5,7,12-15,29-31H,6H2,1-2H3/t12-,13-,14-,15-,18?/m1/s1. The van der Waals surface area contributed by atoms with Crippen LogP contribution in [0, 0.1) is 5.82 Å². The Kier molecular flexibility index (Phi) is 5.82. The van der Waals surface area contributed by atoms with E-state index in [0.717, 1.165) is 6.34 Å². The normalized spacial score (nSPS) is 32.9. The van der Waals surface area contributed by atoms with Gasteiger partial charge in [0.05, 0.1) is 18.5 Å². The molecule has 0 spiro atoms. The van der Waals surface area contributed by atoms with Crippen molar-refractivity contribution in [1.29, 1.82) is 0 Å². The highest BCUT2D eigenvalue weighted by Crippen LogP contribution is 2.36. The largest absolute Gasteiger partial charge is 0.416 e. The highest BCUT2D eigenvalue weighted by atomic mass is 19.4. The van der Waals surface area contributed by atoms with Crippen molar-refractivity contribution >= 4 is 29.5 Å². The molecule has 3 heterocycles. The zero-order chi connectivity index (χ0) is 24.1. The van der Waals surface area contributed by atoms with E-state index in [2.05, 4.69) is 20.0 Å². The van der Waals surface area contributed by atoms with Gasteiger partial charge < -0.3 is 24.8 Å². The Bertz CT molecular complexity index is 1080. The first kappa shape index (κ1) is 23.4. The number of benzene rings is 1. The number of methoxy groups -OCH3 is 1. The Morgan fingerprint density at radius 1 is 1.24 bits per heavy atom. The maximum atomic E-state index is 14.3. The van der Waals surface area contributed by atoms with E-state index in [1.165, 1.54) is 18.9 Å². The molecular formula is C19H19F4N5O5. The Morgan fingerprint density at radius 2 is 1.97 bits per heavy atom. The smallest absolute Gasteiger partial charge is 0.394 e. The fourth-order valence-electron chi connectivity index (χ4n) is 3.65. The zero-order valence-electron chi connectivity index (χ0n) is 17.2. The fraction of sp³-hybridized carbons (Fsp3) is 0.474. The van der Waals surface area contributed by atoms with Gasteiger partial charge in [-0.2, -0.15) is 13.2 Å². The molecule has 1 aromatic rings. The predicted octanol–water partition coefficient (Wildman–Crippen LogP) is 0.831. The Labute approximate surface area is 184 Å². The fourth-order valence-corrected chi connectivity index (χ4v) is 3.65. The van der Waals surface area contributed by atoms with Crippen molar-refractivity contribution < 1.29 is 42.4 Å². The average Bonchev–Trinajstić information content (AvgIpc) is 3.27. The van der Waals surface area contributed by atoms with Gasteiger partial charge in [-0.25, -0.2) is 24.4 Å². The van der Waals surface area contributed by atoms with Crippen molar-refractivity contribution in [2.45, 2.75) is 43.4 Å². The topological polar surface area (TPSA) is 132 Å². The van der Waals surface area contributed by atoms with E-state index in [1.54, 1.807) is 0 Å². The summed E-state index contributed by atoms with van der Waals surface area (Å²) >= 11 is 0. The van der Waals surface area contributed by atoms with E-state index < -0.39 is 60.1 Å². The number of ether oxygens (including phenoxy) is 2. The van der Waals surface area contributed by atoms with Gasteiger partial charge in [0.2, 0.25) is 0 Å². The van der Waals surface area contributed by atoms with Crippen molar-refractivity contribution in [2.75, 3.05) is 13.7 Å². The van der Waals surface area contributed by atoms with Crippen LogP contribution in [0.15, 0.2) is 38.2 Å². The molecule has 0 aromatic heterocycles. The summed E-state index contributed by atoms with van der Waals surface area (Å²) in [6.07, 6.45) is -8.74. The molecule has 0 bridgehead atoms. The molecule has 1 fully saturated rings. The molecule has 14 heteroatoms. The van der Waals surface area contributed by atoms with Gasteiger partial charge in [-0.1, -0.05) is 0 Å². The summed E-state index contributed by atoms with van der Waals surface area (Å²) in [7, 11) is 1.21. The van der Waals surface area contributed by atoms with Crippen LogP contribution in [0.25, 0.3) is 0 Å². The number of rotatable bonds is 4. The molecule has 0 aliphatic carbocycles. The lowest BCUT2D eigenvalue weighted by molar-refractivity contribution is -0.137. The van der Waals surface area contributed by atoms with Gasteiger partial charge in [0, 0.05) is 7.11 Å². The highest BCUT2D eigenvalue weighted by Gasteiger charge is 2.56. The van der Waals surface area contributed by atoms with Crippen molar-refractivity contribution in [1.82, 2.24) is 4.90 Å². The Balaban J connectivity index is 1.76. The number of aliphatic hydroxyl groups excluding tert-OH is 3. The molecule has 0 amide bonds. The summed E-state index contributed by atoms with van der Waals surface area (Å²) in [6.45, 7) is 0.891. The highest BCUT2D eigenvalue weighted by molar-refractivity contribution is 6.26. The minimum absolute atomic E-state index is 0.0292. The monoisotopic (exact) mass is 473 g/mol. The van der Waals surface area contributed by atoms with Crippen LogP contribution in [0.3, 0.4) is 0 Å². The van der Waals surface area contributed by atoms with Gasteiger partial charge in [0.25, 0.3) is 5.72 Å². The average molecular weight is 473 g/mol. The van der Waals surface area contributed by atoms with Crippen LogP contribution in [0.1, 0.15) is 12.5 Å². The number of nitrogens with zero attached hydrogens (tertiary/aromatic N) is 5. The molecule has 1 aromatic carbocycles. The van der Waals surface area contributed by atoms with Gasteiger partial charge >= 0.3 is 6.18 Å². The second-order valence-electron chi connectivity index (χ2n) is 7.42. The molecule has 3 aliphatic rings. The van der Waals surface area contributed by atoms with Gasteiger partial charge in [0.15, 0.2) is 17.9 Å². The lowest BCUT2D eigenvalue weighted by atomic mass is 10.1. The lowest BCUT2D eigenvalue weighted by Crippen LogP contribution is -2.55. The van der Waals surface area contributed by atoms with Crippen LogP contribution < -0.4 is 0 Å². The molecule has 4 rings (SSSR count). The molecule has 1 unspecified atom stereocenters. The number of fused-ring (bicyclic) bond motifs is 1. The number of aliphatic hydroxyl groups is 3. The van der Waals surface area contributed by atoms with E-state index in [4.69, 9.17) is 9.47 Å². The van der Waals surface area contributed by atoms with Gasteiger partial charge in [-0.3, -0.25) is 4.90 Å². The summed E-state index contributed by atoms with van der Waals surface area (Å²) in [5, 5.41) is 29.8. The van der Waals surface area contributed by atoms with Crippen molar-refractivity contribution in [3.05, 3.63) is 29.6 Å². The molecule has 5 atom stereocenters. The van der Waals surface area contributed by atoms with Crippen LogP contribution in [-0.2, 0) is 15.7 Å². The summed E-state index contributed by atoms with van der Waals surface area (Å²) in [5.41, 5.74) is -3.63. The van der Waals surface area contributed by atoms with Crippen LogP contribution in [0.5, 0.6) is 0 Å². The van der Waals surface area contributed by atoms with Crippen LogP contribution >= 0.6 is 0 Å². The lowest BCUT2D eigenvalue weighted by Gasteiger charge is -2.33. The van der Waals surface area contributed by atoms with Gasteiger partial charge in [0.1, 0.15) is 35.7 Å². The third-order valence-corrected chi connectivity index (χ3v) is 5.34. The van der Waals surface area contributed by atoms with Crippen LogP contribution in [0.4, 0.5) is 23.2 Å². The first-order chi connectivity index (χ1) is 15.5. The number of alkyl halides is 3. The minimum atomic E-state index is -4.72. The van der Waals surface area contributed by atoms with E-state index in [-0.39, 0.29) is 17.5 Å². The first-order valence-corrected chi connectivity index (χ1v) is 9.63. The van der Waals surface area contributed by atoms with E-state index in [0.29, 0.717) is 18.2 Å². The maximum Gasteiger partial charge on any atom is 0.416 e. The van der Waals surface area contributed by atoms with Crippen molar-refractivity contribution in [3.63, 3.8) is 0 Å².